The molecule has 3 heterocycles. The Morgan fingerprint density at radius 1 is 1.15 bits per heavy atom. The van der Waals surface area contributed by atoms with Gasteiger partial charge in [0, 0.05) is 19.6 Å². The molecule has 2 unspecified atom stereocenters. The van der Waals surface area contributed by atoms with Gasteiger partial charge in [-0.25, -0.2) is 9.67 Å². The number of nitrogens with zero attached hydrogens (tertiary/aromatic N) is 4. The van der Waals surface area contributed by atoms with Crippen LogP contribution in [0.2, 0.25) is 0 Å². The second kappa shape index (κ2) is 4.59. The second-order valence-corrected chi connectivity index (χ2v) is 6.01. The van der Waals surface area contributed by atoms with E-state index in [2.05, 4.69) is 45.3 Å². The maximum absolute atomic E-state index is 5.62. The molecule has 0 amide bonds. The molecule has 1 aromatic heterocycles. The molecule has 2 bridgehead atoms. The lowest BCUT2D eigenvalue weighted by atomic mass is 9.66. The summed E-state index contributed by atoms with van der Waals surface area (Å²) in [6.07, 6.45) is 3.10. The molecule has 5 rings (SSSR count). The summed E-state index contributed by atoms with van der Waals surface area (Å²) in [5.74, 6) is 1.77. The Labute approximate surface area is 118 Å². The normalized spacial score (nSPS) is 29.1. The zero-order chi connectivity index (χ0) is 13.5. The van der Waals surface area contributed by atoms with E-state index in [1.54, 1.807) is 6.33 Å². The fraction of sp³-hybridized carbons (Fsp3) is 0.467. The van der Waals surface area contributed by atoms with Crippen LogP contribution in [0.3, 0.4) is 0 Å². The van der Waals surface area contributed by atoms with E-state index in [9.17, 15) is 0 Å². The smallest absolute Gasteiger partial charge is 0.239 e. The van der Waals surface area contributed by atoms with Crippen LogP contribution in [-0.2, 0) is 6.54 Å². The van der Waals surface area contributed by atoms with Gasteiger partial charge in [0.2, 0.25) is 5.95 Å². The highest BCUT2D eigenvalue weighted by Gasteiger charge is 2.48. The van der Waals surface area contributed by atoms with Crippen molar-refractivity contribution in [3.63, 3.8) is 0 Å². The number of anilines is 1. The van der Waals surface area contributed by atoms with E-state index in [1.165, 1.54) is 12.0 Å². The standard InChI is InChI=1S/C15H19N5/c16-15-17-10-20(18-15)14-12-6-13(14)9-19(8-12)7-11-4-2-1-3-5-11/h1-5,10,12-14H,6-9H2,(H2,16,18). The molecule has 3 aliphatic rings. The highest BCUT2D eigenvalue weighted by Crippen LogP contribution is 2.48. The number of nitrogen functional groups attached to an aromatic ring is 1. The molecule has 2 aliphatic heterocycles. The number of piperidine rings is 2. The summed E-state index contributed by atoms with van der Waals surface area (Å²) >= 11 is 0. The first-order valence-electron chi connectivity index (χ1n) is 7.22. The third-order valence-corrected chi connectivity index (χ3v) is 4.64. The molecule has 5 nitrogen and oxygen atoms in total. The number of aromatic nitrogens is 3. The Balaban J connectivity index is 1.43. The molecule has 0 spiro atoms. The molecule has 1 aliphatic carbocycles. The van der Waals surface area contributed by atoms with Gasteiger partial charge in [-0.05, 0) is 23.8 Å². The van der Waals surface area contributed by atoms with Crippen molar-refractivity contribution in [2.45, 2.75) is 19.0 Å². The SMILES string of the molecule is Nc1ncn(C2C3CC2CN(Cc2ccccc2)C3)n1. The quantitative estimate of drug-likeness (QED) is 0.918. The zero-order valence-corrected chi connectivity index (χ0v) is 11.4. The molecule has 0 radical (unpaired) electrons. The average Bonchev–Trinajstić information content (AvgIpc) is 2.86. The first-order valence-corrected chi connectivity index (χ1v) is 7.22. The van der Waals surface area contributed by atoms with Crippen LogP contribution in [0.1, 0.15) is 18.0 Å². The monoisotopic (exact) mass is 269 g/mol. The number of fused-ring (bicyclic) bond motifs is 2. The lowest BCUT2D eigenvalue weighted by Crippen LogP contribution is -2.55. The van der Waals surface area contributed by atoms with Gasteiger partial charge in [-0.1, -0.05) is 30.3 Å². The van der Waals surface area contributed by atoms with Gasteiger partial charge in [-0.15, -0.1) is 5.10 Å². The van der Waals surface area contributed by atoms with Crippen molar-refractivity contribution in [1.29, 1.82) is 0 Å². The predicted molar refractivity (Wildman–Crippen MR) is 76.8 cm³/mol. The topological polar surface area (TPSA) is 60.0 Å². The summed E-state index contributed by atoms with van der Waals surface area (Å²) in [7, 11) is 0. The van der Waals surface area contributed by atoms with Crippen molar-refractivity contribution < 1.29 is 0 Å². The first-order chi connectivity index (χ1) is 9.79. The molecule has 104 valence electrons. The molecule has 2 atom stereocenters. The summed E-state index contributed by atoms with van der Waals surface area (Å²) in [5, 5.41) is 4.29. The van der Waals surface area contributed by atoms with E-state index >= 15 is 0 Å². The van der Waals surface area contributed by atoms with Crippen molar-refractivity contribution in [2.24, 2.45) is 11.8 Å². The summed E-state index contributed by atoms with van der Waals surface area (Å²) < 4.78 is 1.98. The van der Waals surface area contributed by atoms with Crippen LogP contribution in [0.4, 0.5) is 5.95 Å². The van der Waals surface area contributed by atoms with Crippen LogP contribution in [-0.4, -0.2) is 32.8 Å². The van der Waals surface area contributed by atoms with E-state index in [-0.39, 0.29) is 0 Å². The summed E-state index contributed by atoms with van der Waals surface area (Å²) in [5.41, 5.74) is 7.02. The minimum Gasteiger partial charge on any atom is -0.367 e. The fourth-order valence-electron chi connectivity index (χ4n) is 3.79. The molecule has 2 saturated heterocycles. The zero-order valence-electron chi connectivity index (χ0n) is 11.4. The molecule has 1 saturated carbocycles. The van der Waals surface area contributed by atoms with Crippen LogP contribution in [0, 0.1) is 11.8 Å². The van der Waals surface area contributed by atoms with Gasteiger partial charge >= 0.3 is 0 Å². The second-order valence-electron chi connectivity index (χ2n) is 6.01. The number of rotatable bonds is 3. The van der Waals surface area contributed by atoms with Gasteiger partial charge in [0.05, 0.1) is 6.04 Å². The Morgan fingerprint density at radius 3 is 2.55 bits per heavy atom. The number of hydrogen-bond donors (Lipinski definition) is 1. The molecule has 3 fully saturated rings. The summed E-state index contributed by atoms with van der Waals surface area (Å²) in [4.78, 5) is 6.61. The lowest BCUT2D eigenvalue weighted by Gasteiger charge is -2.53. The third kappa shape index (κ3) is 1.98. The van der Waals surface area contributed by atoms with Crippen LogP contribution >= 0.6 is 0 Å². The van der Waals surface area contributed by atoms with Gasteiger partial charge in [0.25, 0.3) is 0 Å². The lowest BCUT2D eigenvalue weighted by molar-refractivity contribution is -0.0429. The van der Waals surface area contributed by atoms with E-state index in [0.717, 1.165) is 19.6 Å². The molecule has 20 heavy (non-hydrogen) atoms. The van der Waals surface area contributed by atoms with Crippen LogP contribution in [0.5, 0.6) is 0 Å². The van der Waals surface area contributed by atoms with Crippen molar-refractivity contribution in [2.75, 3.05) is 18.8 Å². The van der Waals surface area contributed by atoms with Crippen molar-refractivity contribution >= 4 is 5.95 Å². The van der Waals surface area contributed by atoms with Gasteiger partial charge < -0.3 is 5.73 Å². The minimum absolute atomic E-state index is 0.385. The van der Waals surface area contributed by atoms with Gasteiger partial charge in [0.15, 0.2) is 0 Å². The largest absolute Gasteiger partial charge is 0.367 e. The summed E-state index contributed by atoms with van der Waals surface area (Å²) in [6, 6.07) is 11.2. The molecule has 2 aromatic rings. The van der Waals surface area contributed by atoms with E-state index in [0.29, 0.717) is 23.8 Å². The van der Waals surface area contributed by atoms with E-state index < -0.39 is 0 Å². The fourth-order valence-corrected chi connectivity index (χ4v) is 3.79. The van der Waals surface area contributed by atoms with Gasteiger partial charge in [-0.3, -0.25) is 4.90 Å². The van der Waals surface area contributed by atoms with Gasteiger partial charge in [-0.2, -0.15) is 0 Å². The van der Waals surface area contributed by atoms with Gasteiger partial charge in [0.1, 0.15) is 6.33 Å². The highest BCUT2D eigenvalue weighted by molar-refractivity contribution is 5.15. The van der Waals surface area contributed by atoms with E-state index in [4.69, 9.17) is 5.73 Å². The Hall–Kier alpha value is -1.88. The Kier molecular flexibility index (Phi) is 2.73. The third-order valence-electron chi connectivity index (χ3n) is 4.64. The maximum Gasteiger partial charge on any atom is 0.239 e. The molecular weight excluding hydrogens is 250 g/mol. The van der Waals surface area contributed by atoms with Crippen LogP contribution < -0.4 is 5.73 Å². The number of benzene rings is 1. The Bertz CT molecular complexity index is 581. The highest BCUT2D eigenvalue weighted by atomic mass is 15.4. The predicted octanol–water partition coefficient (Wildman–Crippen LogP) is 1.55. The number of nitrogens with two attached hydrogens (primary N) is 1. The molecular formula is C15H19N5. The van der Waals surface area contributed by atoms with E-state index in [1.807, 2.05) is 4.68 Å². The summed E-state index contributed by atoms with van der Waals surface area (Å²) in [6.45, 7) is 3.35. The maximum atomic E-state index is 5.62. The first kappa shape index (κ1) is 11.9. The van der Waals surface area contributed by atoms with Crippen molar-refractivity contribution in [3.05, 3.63) is 42.2 Å². The van der Waals surface area contributed by atoms with Crippen molar-refractivity contribution in [3.8, 4) is 0 Å². The molecule has 1 aromatic carbocycles. The average molecular weight is 269 g/mol. The molecule has 5 heteroatoms. The Morgan fingerprint density at radius 2 is 1.90 bits per heavy atom. The van der Waals surface area contributed by atoms with Crippen LogP contribution in [0.15, 0.2) is 36.7 Å². The van der Waals surface area contributed by atoms with Crippen molar-refractivity contribution in [1.82, 2.24) is 19.7 Å². The van der Waals surface area contributed by atoms with Crippen LogP contribution in [0.25, 0.3) is 0 Å². The molecule has 2 N–H and O–H groups in total. The minimum atomic E-state index is 0.385. The number of hydrogen-bond acceptors (Lipinski definition) is 4.